The van der Waals surface area contributed by atoms with Gasteiger partial charge in [-0.05, 0) is 30.1 Å². The predicted molar refractivity (Wildman–Crippen MR) is 78.1 cm³/mol. The molecule has 1 rings (SSSR count). The van der Waals surface area contributed by atoms with Crippen LogP contribution in [-0.4, -0.2) is 0 Å². The van der Waals surface area contributed by atoms with Crippen molar-refractivity contribution < 1.29 is 4.74 Å². The van der Waals surface area contributed by atoms with Crippen LogP contribution in [0.3, 0.4) is 0 Å². The third kappa shape index (κ3) is 6.09. The van der Waals surface area contributed by atoms with Gasteiger partial charge in [0, 0.05) is 0 Å². The Labute approximate surface area is 110 Å². The maximum Gasteiger partial charge on any atom is 0.115 e. The SMILES string of the molecule is C=C/C=C\C(=C/CC(C)C)OCc1ccccc1. The highest BCUT2D eigenvalue weighted by Gasteiger charge is 1.97. The molecule has 0 saturated heterocycles. The second-order valence-electron chi connectivity index (χ2n) is 4.61. The molecule has 0 aliphatic heterocycles. The van der Waals surface area contributed by atoms with Crippen molar-refractivity contribution in [2.45, 2.75) is 26.9 Å². The third-order valence-electron chi connectivity index (χ3n) is 2.44. The van der Waals surface area contributed by atoms with E-state index in [2.05, 4.69) is 38.6 Å². The first-order valence-corrected chi connectivity index (χ1v) is 6.38. The van der Waals surface area contributed by atoms with Gasteiger partial charge in [0.2, 0.25) is 0 Å². The molecule has 0 bridgehead atoms. The van der Waals surface area contributed by atoms with Crippen molar-refractivity contribution in [3.05, 3.63) is 72.5 Å². The third-order valence-corrected chi connectivity index (χ3v) is 2.44. The average Bonchev–Trinajstić information content (AvgIpc) is 2.39. The van der Waals surface area contributed by atoms with Crippen molar-refractivity contribution in [2.75, 3.05) is 0 Å². The first-order chi connectivity index (χ1) is 8.72. The van der Waals surface area contributed by atoms with Crippen LogP contribution in [0.25, 0.3) is 0 Å². The van der Waals surface area contributed by atoms with E-state index in [0.29, 0.717) is 12.5 Å². The standard InChI is InChI=1S/C17H22O/c1-4-5-11-17(13-12-15(2)3)18-14-16-9-7-6-8-10-16/h4-11,13,15H,1,12,14H2,2-3H3/b11-5-,17-13+. The quantitative estimate of drug-likeness (QED) is 0.489. The van der Waals surface area contributed by atoms with Crippen LogP contribution in [0.1, 0.15) is 25.8 Å². The molecule has 0 spiro atoms. The summed E-state index contributed by atoms with van der Waals surface area (Å²) in [4.78, 5) is 0. The highest BCUT2D eigenvalue weighted by atomic mass is 16.5. The minimum absolute atomic E-state index is 0.603. The molecule has 1 heteroatoms. The van der Waals surface area contributed by atoms with Crippen molar-refractivity contribution in [2.24, 2.45) is 5.92 Å². The number of hydrogen-bond donors (Lipinski definition) is 0. The number of allylic oxidation sites excluding steroid dienone is 4. The molecule has 1 aromatic carbocycles. The molecule has 18 heavy (non-hydrogen) atoms. The summed E-state index contributed by atoms with van der Waals surface area (Å²) in [5, 5.41) is 0. The van der Waals surface area contributed by atoms with Crippen molar-refractivity contribution in [1.29, 1.82) is 0 Å². The zero-order valence-corrected chi connectivity index (χ0v) is 11.3. The lowest BCUT2D eigenvalue weighted by Gasteiger charge is -2.08. The summed E-state index contributed by atoms with van der Waals surface area (Å²) in [7, 11) is 0. The Morgan fingerprint density at radius 2 is 2.00 bits per heavy atom. The van der Waals surface area contributed by atoms with E-state index < -0.39 is 0 Å². The molecule has 0 saturated carbocycles. The summed E-state index contributed by atoms with van der Waals surface area (Å²) in [5.41, 5.74) is 1.18. The van der Waals surface area contributed by atoms with Gasteiger partial charge in [-0.25, -0.2) is 0 Å². The van der Waals surface area contributed by atoms with E-state index in [9.17, 15) is 0 Å². The fourth-order valence-corrected chi connectivity index (χ4v) is 1.43. The van der Waals surface area contributed by atoms with Gasteiger partial charge in [-0.2, -0.15) is 0 Å². The second-order valence-corrected chi connectivity index (χ2v) is 4.61. The van der Waals surface area contributed by atoms with E-state index in [-0.39, 0.29) is 0 Å². The van der Waals surface area contributed by atoms with Gasteiger partial charge >= 0.3 is 0 Å². The van der Waals surface area contributed by atoms with E-state index in [1.165, 1.54) is 5.56 Å². The first-order valence-electron chi connectivity index (χ1n) is 6.38. The van der Waals surface area contributed by atoms with Gasteiger partial charge in [-0.15, -0.1) is 0 Å². The number of ether oxygens (including phenoxy) is 1. The molecule has 0 heterocycles. The largest absolute Gasteiger partial charge is 0.489 e. The topological polar surface area (TPSA) is 9.23 Å². The van der Waals surface area contributed by atoms with Gasteiger partial charge in [0.25, 0.3) is 0 Å². The Kier molecular flexibility index (Phi) is 6.63. The maximum absolute atomic E-state index is 5.81. The molecular weight excluding hydrogens is 220 g/mol. The van der Waals surface area contributed by atoms with Gasteiger partial charge < -0.3 is 4.74 Å². The van der Waals surface area contributed by atoms with Crippen LogP contribution in [-0.2, 0) is 11.3 Å². The summed E-state index contributed by atoms with van der Waals surface area (Å²) in [6.45, 7) is 8.67. The number of benzene rings is 1. The minimum Gasteiger partial charge on any atom is -0.489 e. The minimum atomic E-state index is 0.603. The molecule has 1 aromatic rings. The van der Waals surface area contributed by atoms with E-state index in [0.717, 1.165) is 12.2 Å². The van der Waals surface area contributed by atoms with Crippen LogP contribution >= 0.6 is 0 Å². The molecule has 0 aromatic heterocycles. The molecule has 0 N–H and O–H groups in total. The zero-order valence-electron chi connectivity index (χ0n) is 11.3. The molecule has 0 unspecified atom stereocenters. The van der Waals surface area contributed by atoms with Crippen LogP contribution in [0.5, 0.6) is 0 Å². The first kappa shape index (κ1) is 14.3. The van der Waals surface area contributed by atoms with Crippen LogP contribution in [0, 0.1) is 5.92 Å². The summed E-state index contributed by atoms with van der Waals surface area (Å²) in [6, 6.07) is 10.2. The normalized spacial score (nSPS) is 12.1. The summed E-state index contributed by atoms with van der Waals surface area (Å²) in [5.74, 6) is 1.55. The fraction of sp³-hybridized carbons (Fsp3) is 0.294. The lowest BCUT2D eigenvalue weighted by atomic mass is 10.1. The smallest absolute Gasteiger partial charge is 0.115 e. The summed E-state index contributed by atoms with van der Waals surface area (Å²) < 4.78 is 5.81. The predicted octanol–water partition coefficient (Wildman–Crippen LogP) is 4.88. The Morgan fingerprint density at radius 1 is 1.28 bits per heavy atom. The highest BCUT2D eigenvalue weighted by molar-refractivity contribution is 5.18. The van der Waals surface area contributed by atoms with E-state index >= 15 is 0 Å². The molecule has 1 nitrogen and oxygen atoms in total. The lowest BCUT2D eigenvalue weighted by Crippen LogP contribution is -1.93. The molecule has 0 radical (unpaired) electrons. The molecule has 0 amide bonds. The van der Waals surface area contributed by atoms with E-state index in [1.807, 2.05) is 30.4 Å². The lowest BCUT2D eigenvalue weighted by molar-refractivity contribution is 0.209. The Balaban J connectivity index is 2.58. The zero-order chi connectivity index (χ0) is 13.2. The Hall–Kier alpha value is -1.76. The van der Waals surface area contributed by atoms with Crippen LogP contribution in [0.4, 0.5) is 0 Å². The second kappa shape index (κ2) is 8.35. The number of rotatable bonds is 7. The highest BCUT2D eigenvalue weighted by Crippen LogP contribution is 2.10. The van der Waals surface area contributed by atoms with Crippen LogP contribution < -0.4 is 0 Å². The van der Waals surface area contributed by atoms with Gasteiger partial charge in [0.05, 0.1) is 0 Å². The van der Waals surface area contributed by atoms with Gasteiger partial charge in [0.15, 0.2) is 0 Å². The van der Waals surface area contributed by atoms with Crippen molar-refractivity contribution in [3.8, 4) is 0 Å². The van der Waals surface area contributed by atoms with Crippen LogP contribution in [0.2, 0.25) is 0 Å². The van der Waals surface area contributed by atoms with Crippen molar-refractivity contribution in [3.63, 3.8) is 0 Å². The molecule has 0 aliphatic carbocycles. The molecule has 96 valence electrons. The fourth-order valence-electron chi connectivity index (χ4n) is 1.43. The monoisotopic (exact) mass is 242 g/mol. The van der Waals surface area contributed by atoms with Gasteiger partial charge in [-0.3, -0.25) is 0 Å². The molecule has 0 fully saturated rings. The average molecular weight is 242 g/mol. The van der Waals surface area contributed by atoms with Gasteiger partial charge in [0.1, 0.15) is 12.4 Å². The van der Waals surface area contributed by atoms with Crippen molar-refractivity contribution >= 4 is 0 Å². The van der Waals surface area contributed by atoms with E-state index in [4.69, 9.17) is 4.74 Å². The maximum atomic E-state index is 5.81. The van der Waals surface area contributed by atoms with Crippen LogP contribution in [0.15, 0.2) is 67.0 Å². The Morgan fingerprint density at radius 3 is 2.61 bits per heavy atom. The summed E-state index contributed by atoms with van der Waals surface area (Å²) >= 11 is 0. The Bertz CT molecular complexity index is 399. The van der Waals surface area contributed by atoms with E-state index in [1.54, 1.807) is 6.08 Å². The number of hydrogen-bond acceptors (Lipinski definition) is 1. The molecular formula is C17H22O. The van der Waals surface area contributed by atoms with Gasteiger partial charge in [-0.1, -0.05) is 62.9 Å². The molecule has 0 aliphatic rings. The summed E-state index contributed by atoms with van der Waals surface area (Å²) in [6.07, 6.45) is 8.77. The van der Waals surface area contributed by atoms with Crippen molar-refractivity contribution in [1.82, 2.24) is 0 Å². The molecule has 0 atom stereocenters.